The van der Waals surface area contributed by atoms with Crippen LogP contribution in [0.4, 0.5) is 10.1 Å². The summed E-state index contributed by atoms with van der Waals surface area (Å²) in [4.78, 5) is 27.5. The lowest BCUT2D eigenvalue weighted by molar-refractivity contribution is -0.140. The number of hydrogen-bond acceptors (Lipinski definition) is 4. The van der Waals surface area contributed by atoms with Crippen LogP contribution in [0.15, 0.2) is 42.5 Å². The molecule has 0 heterocycles. The first kappa shape index (κ1) is 29.6. The van der Waals surface area contributed by atoms with Gasteiger partial charge in [-0.3, -0.25) is 13.9 Å². The maximum absolute atomic E-state index is 13.4. The molecule has 2 amide bonds. The summed E-state index contributed by atoms with van der Waals surface area (Å²) in [6.07, 6.45) is 2.11. The minimum absolute atomic E-state index is 0.0216. The van der Waals surface area contributed by atoms with Gasteiger partial charge in [0.1, 0.15) is 11.9 Å². The summed E-state index contributed by atoms with van der Waals surface area (Å²) >= 11 is 6.19. The van der Waals surface area contributed by atoms with Gasteiger partial charge in [0, 0.05) is 30.6 Å². The molecule has 0 aromatic heterocycles. The molecular formula is C26H35ClFN3O4S. The Kier molecular flexibility index (Phi) is 10.7. The van der Waals surface area contributed by atoms with Gasteiger partial charge < -0.3 is 10.2 Å². The zero-order valence-corrected chi connectivity index (χ0v) is 23.0. The van der Waals surface area contributed by atoms with Gasteiger partial charge in [-0.15, -0.1) is 0 Å². The molecule has 0 aliphatic heterocycles. The zero-order chi connectivity index (χ0) is 27.0. The Morgan fingerprint density at radius 2 is 1.75 bits per heavy atom. The van der Waals surface area contributed by atoms with Crippen molar-refractivity contribution in [3.63, 3.8) is 0 Å². The smallest absolute Gasteiger partial charge is 0.242 e. The van der Waals surface area contributed by atoms with Crippen LogP contribution < -0.4 is 9.62 Å². The SMILES string of the molecule is CC[C@@H](C)NC(=O)[C@H](C)N(Cc1ccc(F)cc1)C(=O)CCCN(c1cccc(Cl)c1C)S(C)(=O)=O. The number of hydrogen-bond donors (Lipinski definition) is 1. The van der Waals surface area contributed by atoms with Crippen LogP contribution in [0.5, 0.6) is 0 Å². The van der Waals surface area contributed by atoms with E-state index in [9.17, 15) is 22.4 Å². The Morgan fingerprint density at radius 3 is 2.33 bits per heavy atom. The Labute approximate surface area is 218 Å². The summed E-state index contributed by atoms with van der Waals surface area (Å²) < 4.78 is 39.6. The maximum Gasteiger partial charge on any atom is 0.242 e. The summed E-state index contributed by atoms with van der Waals surface area (Å²) in [5, 5.41) is 3.34. The number of anilines is 1. The van der Waals surface area contributed by atoms with E-state index in [-0.39, 0.29) is 43.8 Å². The van der Waals surface area contributed by atoms with Crippen LogP contribution >= 0.6 is 11.6 Å². The van der Waals surface area contributed by atoms with Crippen molar-refractivity contribution in [3.8, 4) is 0 Å². The number of benzene rings is 2. The molecule has 36 heavy (non-hydrogen) atoms. The summed E-state index contributed by atoms with van der Waals surface area (Å²) in [5.74, 6) is -0.981. The van der Waals surface area contributed by atoms with E-state index in [4.69, 9.17) is 11.6 Å². The first-order chi connectivity index (χ1) is 16.8. The van der Waals surface area contributed by atoms with Crippen molar-refractivity contribution >= 4 is 39.1 Å². The van der Waals surface area contributed by atoms with Gasteiger partial charge in [-0.2, -0.15) is 0 Å². The van der Waals surface area contributed by atoms with Crippen LogP contribution in [-0.2, 0) is 26.2 Å². The third-order valence-corrected chi connectivity index (χ3v) is 7.68. The molecule has 0 spiro atoms. The fraction of sp³-hybridized carbons (Fsp3) is 0.462. The third kappa shape index (κ3) is 8.20. The van der Waals surface area contributed by atoms with Crippen molar-refractivity contribution in [2.45, 2.75) is 65.6 Å². The van der Waals surface area contributed by atoms with Crippen molar-refractivity contribution < 1.29 is 22.4 Å². The normalized spacial score (nSPS) is 13.1. The first-order valence-corrected chi connectivity index (χ1v) is 14.1. The zero-order valence-electron chi connectivity index (χ0n) is 21.4. The maximum atomic E-state index is 13.4. The second-order valence-corrected chi connectivity index (χ2v) is 11.3. The van der Waals surface area contributed by atoms with Gasteiger partial charge in [0.2, 0.25) is 21.8 Å². The molecular weight excluding hydrogens is 505 g/mol. The highest BCUT2D eigenvalue weighted by molar-refractivity contribution is 7.92. The van der Waals surface area contributed by atoms with Gasteiger partial charge in [0.15, 0.2) is 0 Å². The van der Waals surface area contributed by atoms with Crippen LogP contribution in [0.3, 0.4) is 0 Å². The second-order valence-electron chi connectivity index (χ2n) is 8.96. The van der Waals surface area contributed by atoms with Crippen LogP contribution in [0.1, 0.15) is 51.2 Å². The van der Waals surface area contributed by atoms with E-state index in [1.165, 1.54) is 21.3 Å². The molecule has 0 fully saturated rings. The van der Waals surface area contributed by atoms with E-state index in [2.05, 4.69) is 5.32 Å². The minimum Gasteiger partial charge on any atom is -0.352 e. The number of rotatable bonds is 12. The molecule has 0 saturated heterocycles. The topological polar surface area (TPSA) is 86.8 Å². The fourth-order valence-electron chi connectivity index (χ4n) is 3.68. The lowest BCUT2D eigenvalue weighted by Gasteiger charge is -2.30. The molecule has 0 aliphatic rings. The van der Waals surface area contributed by atoms with Crippen molar-refractivity contribution in [3.05, 3.63) is 64.4 Å². The highest BCUT2D eigenvalue weighted by Gasteiger charge is 2.27. The number of nitrogens with zero attached hydrogens (tertiary/aromatic N) is 2. The van der Waals surface area contributed by atoms with Gasteiger partial charge >= 0.3 is 0 Å². The average Bonchev–Trinajstić information content (AvgIpc) is 2.82. The van der Waals surface area contributed by atoms with E-state index >= 15 is 0 Å². The Hall–Kier alpha value is -2.65. The molecule has 0 unspecified atom stereocenters. The standard InChI is InChI=1S/C26H35ClFN3O4S/c1-6-18(2)29-26(33)20(4)30(17-21-12-14-22(28)15-13-21)25(32)11-8-16-31(36(5,34)35)24-10-7-9-23(27)19(24)3/h7,9-10,12-15,18,20H,6,8,11,16-17H2,1-5H3,(H,29,33)/t18-,20+/m1/s1. The summed E-state index contributed by atoms with van der Waals surface area (Å²) in [7, 11) is -3.62. The number of sulfonamides is 1. The highest BCUT2D eigenvalue weighted by atomic mass is 35.5. The van der Waals surface area contributed by atoms with E-state index in [1.54, 1.807) is 44.2 Å². The van der Waals surface area contributed by atoms with Crippen molar-refractivity contribution in [1.82, 2.24) is 10.2 Å². The van der Waals surface area contributed by atoms with Gasteiger partial charge in [0.25, 0.3) is 0 Å². The highest BCUT2D eigenvalue weighted by Crippen LogP contribution is 2.28. The van der Waals surface area contributed by atoms with Crippen molar-refractivity contribution in [2.24, 2.45) is 0 Å². The molecule has 2 rings (SSSR count). The fourth-order valence-corrected chi connectivity index (χ4v) is 4.87. The van der Waals surface area contributed by atoms with Gasteiger partial charge in [-0.05, 0) is 69.0 Å². The number of amides is 2. The summed E-state index contributed by atoms with van der Waals surface area (Å²) in [6.45, 7) is 7.42. The molecule has 2 aromatic carbocycles. The van der Waals surface area contributed by atoms with Crippen molar-refractivity contribution in [2.75, 3.05) is 17.1 Å². The first-order valence-electron chi connectivity index (χ1n) is 11.9. The molecule has 0 radical (unpaired) electrons. The van der Waals surface area contributed by atoms with Crippen LogP contribution in [0, 0.1) is 12.7 Å². The lowest BCUT2D eigenvalue weighted by atomic mass is 10.1. The number of halogens is 2. The number of carbonyl (C=O) groups excluding carboxylic acids is 2. The van der Waals surface area contributed by atoms with E-state index < -0.39 is 21.9 Å². The molecule has 0 aliphatic carbocycles. The lowest BCUT2D eigenvalue weighted by Crippen LogP contribution is -2.49. The molecule has 10 heteroatoms. The predicted molar refractivity (Wildman–Crippen MR) is 142 cm³/mol. The molecule has 2 atom stereocenters. The monoisotopic (exact) mass is 539 g/mol. The van der Waals surface area contributed by atoms with Crippen LogP contribution in [-0.4, -0.2) is 50.0 Å². The Morgan fingerprint density at radius 1 is 1.11 bits per heavy atom. The quantitative estimate of drug-likeness (QED) is 0.425. The average molecular weight is 540 g/mol. The summed E-state index contributed by atoms with van der Waals surface area (Å²) in [5.41, 5.74) is 1.77. The molecule has 7 nitrogen and oxygen atoms in total. The molecule has 0 saturated carbocycles. The van der Waals surface area contributed by atoms with E-state index in [1.807, 2.05) is 13.8 Å². The number of nitrogens with one attached hydrogen (secondary N) is 1. The van der Waals surface area contributed by atoms with E-state index in [0.717, 1.165) is 12.7 Å². The Bertz CT molecular complexity index is 1160. The van der Waals surface area contributed by atoms with Gasteiger partial charge in [-0.1, -0.05) is 36.7 Å². The molecule has 198 valence electrons. The second kappa shape index (κ2) is 13.1. The largest absolute Gasteiger partial charge is 0.352 e. The Balaban J connectivity index is 2.20. The third-order valence-electron chi connectivity index (χ3n) is 6.09. The minimum atomic E-state index is -3.62. The summed E-state index contributed by atoms with van der Waals surface area (Å²) in [6, 6.07) is 9.97. The van der Waals surface area contributed by atoms with Gasteiger partial charge in [-0.25, -0.2) is 12.8 Å². The molecule has 1 N–H and O–H groups in total. The van der Waals surface area contributed by atoms with E-state index in [0.29, 0.717) is 21.8 Å². The van der Waals surface area contributed by atoms with Gasteiger partial charge in [0.05, 0.1) is 11.9 Å². The predicted octanol–water partition coefficient (Wildman–Crippen LogP) is 4.67. The molecule has 2 aromatic rings. The van der Waals surface area contributed by atoms with Crippen LogP contribution in [0.25, 0.3) is 0 Å². The number of carbonyl (C=O) groups is 2. The van der Waals surface area contributed by atoms with Crippen LogP contribution in [0.2, 0.25) is 5.02 Å². The molecule has 0 bridgehead atoms. The van der Waals surface area contributed by atoms with Crippen molar-refractivity contribution in [1.29, 1.82) is 0 Å².